The van der Waals surface area contributed by atoms with Gasteiger partial charge in [-0.3, -0.25) is 4.79 Å². The van der Waals surface area contributed by atoms with Gasteiger partial charge in [-0.05, 0) is 122 Å². The van der Waals surface area contributed by atoms with Crippen molar-refractivity contribution in [3.63, 3.8) is 0 Å². The Balaban J connectivity index is 1.56. The molecule has 0 aromatic heterocycles. The van der Waals surface area contributed by atoms with Crippen LogP contribution in [0.2, 0.25) is 0 Å². The zero-order chi connectivity index (χ0) is 23.4. The van der Waals surface area contributed by atoms with Crippen LogP contribution in [0.5, 0.6) is 0 Å². The van der Waals surface area contributed by atoms with E-state index in [1.54, 1.807) is 0 Å². The Labute approximate surface area is 196 Å². The highest BCUT2D eigenvalue weighted by Crippen LogP contribution is 2.78. The average molecular weight is 439 g/mol. The van der Waals surface area contributed by atoms with Crippen LogP contribution in [-0.2, 0) is 4.79 Å². The Morgan fingerprint density at radius 1 is 0.875 bits per heavy atom. The Hall–Kier alpha value is -1.05. The SMILES string of the molecule is C=C1C=CCC2C1(C)CCC1C2(C)CCC2(C)C3CC(C)(C(=O)O)CCC3(C)CCC12C. The van der Waals surface area contributed by atoms with Gasteiger partial charge in [0.15, 0.2) is 0 Å². The van der Waals surface area contributed by atoms with Crippen LogP contribution in [0.4, 0.5) is 0 Å². The summed E-state index contributed by atoms with van der Waals surface area (Å²) in [6.07, 6.45) is 16.4. The number of hydrogen-bond acceptors (Lipinski definition) is 1. The number of hydrogen-bond donors (Lipinski definition) is 1. The summed E-state index contributed by atoms with van der Waals surface area (Å²) in [5.74, 6) is 1.37. The molecule has 0 heterocycles. The monoisotopic (exact) mass is 438 g/mol. The predicted octanol–water partition coefficient (Wildman–Crippen LogP) is 8.04. The molecule has 0 saturated heterocycles. The number of carbonyl (C=O) groups is 1. The molecule has 0 aliphatic heterocycles. The van der Waals surface area contributed by atoms with Crippen molar-refractivity contribution in [2.75, 3.05) is 0 Å². The Kier molecular flexibility index (Phi) is 4.65. The highest BCUT2D eigenvalue weighted by molar-refractivity contribution is 5.74. The van der Waals surface area contributed by atoms with Gasteiger partial charge in [-0.2, -0.15) is 0 Å². The lowest BCUT2D eigenvalue weighted by Gasteiger charge is -2.74. The van der Waals surface area contributed by atoms with Crippen LogP contribution in [-0.4, -0.2) is 11.1 Å². The summed E-state index contributed by atoms with van der Waals surface area (Å²) in [6.45, 7) is 19.4. The van der Waals surface area contributed by atoms with Crippen molar-refractivity contribution in [2.45, 2.75) is 106 Å². The number of carboxylic acid groups (broad SMARTS) is 1. The average Bonchev–Trinajstić information content (AvgIpc) is 2.72. The Morgan fingerprint density at radius 2 is 1.50 bits per heavy atom. The van der Waals surface area contributed by atoms with Crippen LogP contribution in [0.25, 0.3) is 0 Å². The molecule has 0 aromatic rings. The summed E-state index contributed by atoms with van der Waals surface area (Å²) in [6, 6.07) is 0. The van der Waals surface area contributed by atoms with Crippen LogP contribution in [0.3, 0.4) is 0 Å². The molecular formula is C30H46O2. The van der Waals surface area contributed by atoms with Crippen LogP contribution in [0.1, 0.15) is 106 Å². The summed E-state index contributed by atoms with van der Waals surface area (Å²) in [7, 11) is 0. The maximum absolute atomic E-state index is 12.3. The molecule has 9 atom stereocenters. The van der Waals surface area contributed by atoms with E-state index in [1.807, 2.05) is 6.92 Å². The second-order valence-electron chi connectivity index (χ2n) is 14.3. The van der Waals surface area contributed by atoms with E-state index in [0.29, 0.717) is 28.1 Å². The molecular weight excluding hydrogens is 392 g/mol. The lowest BCUT2D eigenvalue weighted by Crippen LogP contribution is -2.67. The maximum Gasteiger partial charge on any atom is 0.309 e. The molecule has 5 aliphatic rings. The Morgan fingerprint density at radius 3 is 2.19 bits per heavy atom. The van der Waals surface area contributed by atoms with Gasteiger partial charge in [0.05, 0.1) is 5.41 Å². The minimum absolute atomic E-state index is 0.233. The van der Waals surface area contributed by atoms with Gasteiger partial charge in [-0.25, -0.2) is 0 Å². The topological polar surface area (TPSA) is 37.3 Å². The van der Waals surface area contributed by atoms with Crippen molar-refractivity contribution in [1.29, 1.82) is 0 Å². The molecule has 1 N–H and O–H groups in total. The fraction of sp³-hybridized carbons (Fsp3) is 0.833. The highest BCUT2D eigenvalue weighted by Gasteiger charge is 2.70. The van der Waals surface area contributed by atoms with Crippen LogP contribution < -0.4 is 0 Å². The van der Waals surface area contributed by atoms with Gasteiger partial charge in [-0.1, -0.05) is 53.3 Å². The molecule has 4 saturated carbocycles. The first kappa shape index (κ1) is 22.7. The van der Waals surface area contributed by atoms with Crippen molar-refractivity contribution in [1.82, 2.24) is 0 Å². The van der Waals surface area contributed by atoms with Crippen LogP contribution in [0.15, 0.2) is 24.3 Å². The second kappa shape index (κ2) is 6.54. The van der Waals surface area contributed by atoms with Crippen molar-refractivity contribution in [3.8, 4) is 0 Å². The van der Waals surface area contributed by atoms with Crippen molar-refractivity contribution in [2.24, 2.45) is 50.2 Å². The van der Waals surface area contributed by atoms with E-state index in [0.717, 1.165) is 25.2 Å². The fourth-order valence-electron chi connectivity index (χ4n) is 10.6. The van der Waals surface area contributed by atoms with E-state index in [1.165, 1.54) is 50.5 Å². The minimum atomic E-state index is -0.572. The molecule has 0 aromatic carbocycles. The van der Waals surface area contributed by atoms with Crippen molar-refractivity contribution >= 4 is 5.97 Å². The van der Waals surface area contributed by atoms with E-state index >= 15 is 0 Å². The van der Waals surface area contributed by atoms with Gasteiger partial charge in [0.25, 0.3) is 0 Å². The van der Waals surface area contributed by atoms with Crippen molar-refractivity contribution < 1.29 is 9.90 Å². The molecule has 32 heavy (non-hydrogen) atoms. The highest BCUT2D eigenvalue weighted by atomic mass is 16.4. The fourth-order valence-corrected chi connectivity index (χ4v) is 10.6. The first-order chi connectivity index (χ1) is 14.8. The summed E-state index contributed by atoms with van der Waals surface area (Å²) >= 11 is 0. The molecule has 4 fully saturated rings. The normalized spacial score (nSPS) is 57.1. The van der Waals surface area contributed by atoms with E-state index in [4.69, 9.17) is 0 Å². The van der Waals surface area contributed by atoms with Crippen LogP contribution in [0, 0.1) is 50.2 Å². The predicted molar refractivity (Wildman–Crippen MR) is 131 cm³/mol. The third-order valence-electron chi connectivity index (χ3n) is 13.2. The van der Waals surface area contributed by atoms with E-state index in [9.17, 15) is 9.90 Å². The first-order valence-corrected chi connectivity index (χ1v) is 13.3. The number of fused-ring (bicyclic) bond motifs is 7. The molecule has 178 valence electrons. The van der Waals surface area contributed by atoms with E-state index < -0.39 is 11.4 Å². The molecule has 2 heteroatoms. The third kappa shape index (κ3) is 2.56. The van der Waals surface area contributed by atoms with Crippen molar-refractivity contribution in [3.05, 3.63) is 24.3 Å². The lowest BCUT2D eigenvalue weighted by atomic mass is 9.30. The van der Waals surface area contributed by atoms with E-state index in [2.05, 4.69) is 53.3 Å². The second-order valence-corrected chi connectivity index (χ2v) is 14.3. The van der Waals surface area contributed by atoms with Gasteiger partial charge < -0.3 is 5.11 Å². The molecule has 5 aliphatic carbocycles. The summed E-state index contributed by atoms with van der Waals surface area (Å²) in [4.78, 5) is 12.3. The molecule has 2 nitrogen and oxygen atoms in total. The first-order valence-electron chi connectivity index (χ1n) is 13.3. The van der Waals surface area contributed by atoms with Gasteiger partial charge in [0, 0.05) is 0 Å². The number of rotatable bonds is 1. The summed E-state index contributed by atoms with van der Waals surface area (Å²) in [5.41, 5.74) is 2.24. The lowest BCUT2D eigenvalue weighted by molar-refractivity contribution is -0.248. The smallest absolute Gasteiger partial charge is 0.309 e. The number of aliphatic carboxylic acids is 1. The molecule has 0 amide bonds. The molecule has 0 bridgehead atoms. The molecule has 0 radical (unpaired) electrons. The van der Waals surface area contributed by atoms with Gasteiger partial charge in [-0.15, -0.1) is 0 Å². The molecule has 0 spiro atoms. The standard InChI is InChI=1S/C30H46O2/c1-20-9-8-10-21-27(20,4)12-11-22-28(21,5)16-18-30(7)23-19-26(3,24(31)32)14-13-25(23,2)15-17-29(22,30)6/h8-9,21-23H,1,10-19H2,2-7H3,(H,31,32). The Bertz CT molecular complexity index is 887. The summed E-state index contributed by atoms with van der Waals surface area (Å²) < 4.78 is 0. The van der Waals surface area contributed by atoms with Gasteiger partial charge in [0.1, 0.15) is 0 Å². The molecule has 9 unspecified atom stereocenters. The summed E-state index contributed by atoms with van der Waals surface area (Å²) in [5, 5.41) is 10.1. The van der Waals surface area contributed by atoms with Gasteiger partial charge in [0.2, 0.25) is 0 Å². The number of carboxylic acids is 1. The zero-order valence-corrected chi connectivity index (χ0v) is 21.5. The maximum atomic E-state index is 12.3. The van der Waals surface area contributed by atoms with Crippen LogP contribution >= 0.6 is 0 Å². The van der Waals surface area contributed by atoms with E-state index in [-0.39, 0.29) is 10.8 Å². The number of allylic oxidation sites excluding steroid dienone is 3. The minimum Gasteiger partial charge on any atom is -0.481 e. The third-order valence-corrected chi connectivity index (χ3v) is 13.2. The zero-order valence-electron chi connectivity index (χ0n) is 21.5. The van der Waals surface area contributed by atoms with Gasteiger partial charge >= 0.3 is 5.97 Å². The largest absolute Gasteiger partial charge is 0.481 e. The molecule has 5 rings (SSSR count). The quantitative estimate of drug-likeness (QED) is 0.450.